The molecule has 0 spiro atoms. The summed E-state index contributed by atoms with van der Waals surface area (Å²) in [6.45, 7) is 1.15. The van der Waals surface area contributed by atoms with Crippen molar-refractivity contribution in [3.8, 4) is 0 Å². The molecule has 2 heteroatoms. The minimum atomic E-state index is 0.810. The first-order chi connectivity index (χ1) is 5.84. The highest BCUT2D eigenvalue weighted by Gasteiger charge is 2.41. The van der Waals surface area contributed by atoms with Gasteiger partial charge in [-0.2, -0.15) is 0 Å². The van der Waals surface area contributed by atoms with Gasteiger partial charge in [0.2, 0.25) is 0 Å². The lowest BCUT2D eigenvalue weighted by molar-refractivity contribution is 0.817. The van der Waals surface area contributed by atoms with E-state index in [1.54, 1.807) is 0 Å². The highest BCUT2D eigenvalue weighted by Crippen LogP contribution is 2.52. The van der Waals surface area contributed by atoms with E-state index in [0.29, 0.717) is 0 Å². The monoisotopic (exact) mass is 155 g/mol. The fraction of sp³-hybridized carbons (Fsp3) is 0.400. The Morgan fingerprint density at radius 2 is 2.33 bits per heavy atom. The van der Waals surface area contributed by atoms with Crippen molar-refractivity contribution in [1.82, 2.24) is 0 Å². The number of nitrogens with one attached hydrogen (secondary N) is 1. The number of rotatable bonds is 0. The summed E-state index contributed by atoms with van der Waals surface area (Å²) in [4.78, 5) is 0. The molecule has 0 bridgehead atoms. The van der Waals surface area contributed by atoms with Crippen molar-refractivity contribution in [3.63, 3.8) is 0 Å². The van der Waals surface area contributed by atoms with Crippen LogP contribution in [0.1, 0.15) is 17.9 Å². The molecule has 2 radical (unpaired) electrons. The minimum Gasteiger partial charge on any atom is -0.385 e. The van der Waals surface area contributed by atoms with Crippen LogP contribution in [0, 0.1) is 5.92 Å². The lowest BCUT2D eigenvalue weighted by Crippen LogP contribution is -2.14. The van der Waals surface area contributed by atoms with Crippen molar-refractivity contribution in [3.05, 3.63) is 23.8 Å². The summed E-state index contributed by atoms with van der Waals surface area (Å²) in [5.74, 6) is 1.70. The second kappa shape index (κ2) is 2.06. The van der Waals surface area contributed by atoms with Crippen LogP contribution in [0.5, 0.6) is 0 Å². The van der Waals surface area contributed by atoms with Crippen LogP contribution in [-0.2, 0) is 0 Å². The molecule has 1 fully saturated rings. The Kier molecular flexibility index (Phi) is 1.13. The predicted octanol–water partition coefficient (Wildman–Crippen LogP) is 1.01. The van der Waals surface area contributed by atoms with Gasteiger partial charge in [-0.3, -0.25) is 0 Å². The summed E-state index contributed by atoms with van der Waals surface area (Å²) in [5.41, 5.74) is 3.62. The van der Waals surface area contributed by atoms with Crippen LogP contribution in [0.3, 0.4) is 0 Å². The van der Waals surface area contributed by atoms with Crippen LogP contribution in [0.25, 0.3) is 0 Å². The number of hydrogen-bond acceptors (Lipinski definition) is 1. The molecule has 2 unspecified atom stereocenters. The second-order valence-electron chi connectivity index (χ2n) is 3.83. The zero-order valence-corrected chi connectivity index (χ0v) is 6.88. The maximum atomic E-state index is 5.73. The summed E-state index contributed by atoms with van der Waals surface area (Å²) in [7, 11) is 5.73. The molecule has 2 aliphatic rings. The van der Waals surface area contributed by atoms with E-state index in [1.807, 2.05) is 6.07 Å². The van der Waals surface area contributed by atoms with Crippen molar-refractivity contribution in [2.75, 3.05) is 11.9 Å². The van der Waals surface area contributed by atoms with Crippen molar-refractivity contribution in [2.24, 2.45) is 5.92 Å². The Morgan fingerprint density at radius 1 is 1.42 bits per heavy atom. The van der Waals surface area contributed by atoms with Crippen LogP contribution in [-0.4, -0.2) is 14.4 Å². The van der Waals surface area contributed by atoms with E-state index < -0.39 is 0 Å². The Hall–Kier alpha value is -0.915. The topological polar surface area (TPSA) is 12.0 Å². The van der Waals surface area contributed by atoms with Crippen LogP contribution in [0.4, 0.5) is 5.69 Å². The lowest BCUT2D eigenvalue weighted by atomic mass is 9.91. The van der Waals surface area contributed by atoms with Crippen LogP contribution < -0.4 is 10.8 Å². The molecule has 1 N–H and O–H groups in total. The van der Waals surface area contributed by atoms with Gasteiger partial charge < -0.3 is 5.32 Å². The Balaban J connectivity index is 2.14. The summed E-state index contributed by atoms with van der Waals surface area (Å²) < 4.78 is 0. The van der Waals surface area contributed by atoms with E-state index in [0.717, 1.165) is 23.8 Å². The normalized spacial score (nSPS) is 30.0. The zero-order chi connectivity index (χ0) is 8.13. The number of hydrogen-bond donors (Lipinski definition) is 1. The van der Waals surface area contributed by atoms with Crippen molar-refractivity contribution in [1.29, 1.82) is 0 Å². The summed E-state index contributed by atoms with van der Waals surface area (Å²) in [6, 6.07) is 6.18. The van der Waals surface area contributed by atoms with E-state index in [4.69, 9.17) is 7.85 Å². The van der Waals surface area contributed by atoms with Gasteiger partial charge in [0.25, 0.3) is 0 Å². The third kappa shape index (κ3) is 0.810. The van der Waals surface area contributed by atoms with Crippen LogP contribution in [0.15, 0.2) is 18.2 Å². The maximum absolute atomic E-state index is 5.73. The minimum absolute atomic E-state index is 0.810. The summed E-state index contributed by atoms with van der Waals surface area (Å²) in [5, 5.41) is 3.43. The average Bonchev–Trinajstić information content (AvgIpc) is 2.82. The summed E-state index contributed by atoms with van der Waals surface area (Å²) >= 11 is 0. The SMILES string of the molecule is [B]c1ccc2c(c1)C1CC1CN2. The number of anilines is 1. The third-order valence-electron chi connectivity index (χ3n) is 2.95. The molecule has 1 aliphatic carbocycles. The van der Waals surface area contributed by atoms with Gasteiger partial charge >= 0.3 is 0 Å². The highest BCUT2D eigenvalue weighted by atomic mass is 14.9. The number of fused-ring (bicyclic) bond motifs is 3. The molecule has 3 rings (SSSR count). The first-order valence-corrected chi connectivity index (χ1v) is 4.48. The van der Waals surface area contributed by atoms with Gasteiger partial charge in [0, 0.05) is 12.2 Å². The molecule has 1 nitrogen and oxygen atoms in total. The Morgan fingerprint density at radius 3 is 3.25 bits per heavy atom. The van der Waals surface area contributed by atoms with Gasteiger partial charge in [-0.15, -0.1) is 0 Å². The Labute approximate surface area is 73.6 Å². The second-order valence-corrected chi connectivity index (χ2v) is 3.83. The van der Waals surface area contributed by atoms with E-state index in [9.17, 15) is 0 Å². The standard InChI is InChI=1S/C10H10BN/c11-7-1-2-10-9(4-7)8-3-6(8)5-12-10/h1-2,4,6,8,12H,3,5H2. The first-order valence-electron chi connectivity index (χ1n) is 4.48. The van der Waals surface area contributed by atoms with Crippen LogP contribution in [0.2, 0.25) is 0 Å². The zero-order valence-electron chi connectivity index (χ0n) is 6.88. The molecule has 0 saturated heterocycles. The number of benzene rings is 1. The molecule has 58 valence electrons. The molecule has 1 saturated carbocycles. The molecule has 2 atom stereocenters. The average molecular weight is 155 g/mol. The Bertz CT molecular complexity index is 335. The molecule has 0 amide bonds. The predicted molar refractivity (Wildman–Crippen MR) is 51.2 cm³/mol. The van der Waals surface area contributed by atoms with E-state index >= 15 is 0 Å². The fourth-order valence-electron chi connectivity index (χ4n) is 2.14. The van der Waals surface area contributed by atoms with Crippen molar-refractivity contribution >= 4 is 19.0 Å². The van der Waals surface area contributed by atoms with Gasteiger partial charge in [0.1, 0.15) is 7.85 Å². The summed E-state index contributed by atoms with van der Waals surface area (Å²) in [6.07, 6.45) is 1.35. The lowest BCUT2D eigenvalue weighted by Gasteiger charge is -2.17. The van der Waals surface area contributed by atoms with Gasteiger partial charge in [0.15, 0.2) is 0 Å². The third-order valence-corrected chi connectivity index (χ3v) is 2.95. The van der Waals surface area contributed by atoms with Crippen LogP contribution >= 0.6 is 0 Å². The van der Waals surface area contributed by atoms with Gasteiger partial charge in [-0.25, -0.2) is 0 Å². The van der Waals surface area contributed by atoms with E-state index in [1.165, 1.54) is 17.7 Å². The fourth-order valence-corrected chi connectivity index (χ4v) is 2.14. The largest absolute Gasteiger partial charge is 0.385 e. The van der Waals surface area contributed by atoms with Gasteiger partial charge in [-0.05, 0) is 29.9 Å². The highest BCUT2D eigenvalue weighted by molar-refractivity contribution is 6.32. The van der Waals surface area contributed by atoms with Gasteiger partial charge in [0.05, 0.1) is 0 Å². The molecule has 1 heterocycles. The van der Waals surface area contributed by atoms with Crippen molar-refractivity contribution in [2.45, 2.75) is 12.3 Å². The van der Waals surface area contributed by atoms with Gasteiger partial charge in [-0.1, -0.05) is 17.6 Å². The molecule has 1 aromatic carbocycles. The maximum Gasteiger partial charge on any atom is 0.113 e. The first kappa shape index (κ1) is 6.58. The molecule has 12 heavy (non-hydrogen) atoms. The smallest absolute Gasteiger partial charge is 0.113 e. The molecule has 1 aromatic rings. The van der Waals surface area contributed by atoms with E-state index in [2.05, 4.69) is 17.4 Å². The molecule has 0 aromatic heterocycles. The van der Waals surface area contributed by atoms with E-state index in [-0.39, 0.29) is 0 Å². The molecular formula is C10H10BN. The molecular weight excluding hydrogens is 145 g/mol. The van der Waals surface area contributed by atoms with Crippen molar-refractivity contribution < 1.29 is 0 Å². The quantitative estimate of drug-likeness (QED) is 0.551. The molecule has 1 aliphatic heterocycles.